The van der Waals surface area contributed by atoms with Crippen molar-refractivity contribution in [3.8, 4) is 0 Å². The molecule has 0 bridgehead atoms. The minimum Gasteiger partial charge on any atom is -0.478 e. The van der Waals surface area contributed by atoms with Crippen LogP contribution in [0.25, 0.3) is 0 Å². The fourth-order valence-corrected chi connectivity index (χ4v) is 6.50. The second kappa shape index (κ2) is 14.6. The highest BCUT2D eigenvalue weighted by Crippen LogP contribution is 2.27. The van der Waals surface area contributed by atoms with Crippen molar-refractivity contribution in [1.29, 1.82) is 0 Å². The Morgan fingerprint density at radius 1 is 0.633 bits per heavy atom. The van der Waals surface area contributed by atoms with E-state index in [2.05, 4.69) is 0 Å². The summed E-state index contributed by atoms with van der Waals surface area (Å²) in [6, 6.07) is 0.918. The lowest BCUT2D eigenvalue weighted by Crippen LogP contribution is -2.42. The fraction of sp³-hybridized carbons (Fsp3) is 0.667. The van der Waals surface area contributed by atoms with Crippen molar-refractivity contribution >= 4 is 29.5 Å². The molecule has 0 radical (unpaired) electrons. The Kier molecular flexibility index (Phi) is 13.9. The molecule has 0 unspecified atom stereocenters. The van der Waals surface area contributed by atoms with Crippen LogP contribution in [0.2, 0.25) is 12.1 Å². The van der Waals surface area contributed by atoms with Crippen molar-refractivity contribution in [1.82, 2.24) is 0 Å². The molecule has 30 heavy (non-hydrogen) atoms. The van der Waals surface area contributed by atoms with Gasteiger partial charge in [-0.05, 0) is 36.8 Å². The lowest BCUT2D eigenvalue weighted by molar-refractivity contribution is -0.132. The van der Waals surface area contributed by atoms with E-state index in [1.165, 1.54) is 42.7 Å². The van der Waals surface area contributed by atoms with Gasteiger partial charge in [0.2, 0.25) is 0 Å². The predicted molar refractivity (Wildman–Crippen MR) is 113 cm³/mol. The van der Waals surface area contributed by atoms with E-state index in [0.29, 0.717) is 48.9 Å². The number of hydrogen-bond donors (Lipinski definition) is 2. The molecule has 0 aliphatic heterocycles. The maximum atomic E-state index is 11.3. The third-order valence-corrected chi connectivity index (χ3v) is 10.4. The molecule has 0 atom stereocenters. The monoisotopic (exact) mass is 466 g/mol. The van der Waals surface area contributed by atoms with Gasteiger partial charge in [-0.15, -0.1) is 0 Å². The number of rotatable bonds is 17. The fourth-order valence-electron chi connectivity index (χ4n) is 3.05. The lowest BCUT2D eigenvalue weighted by atomic mass is 9.96. The first-order valence-electron chi connectivity index (χ1n) is 9.35. The Morgan fingerprint density at radius 3 is 1.10 bits per heavy atom. The van der Waals surface area contributed by atoms with E-state index in [0.717, 1.165) is 12.2 Å². The van der Waals surface area contributed by atoms with Crippen molar-refractivity contribution in [2.45, 2.75) is 37.8 Å². The van der Waals surface area contributed by atoms with Gasteiger partial charge < -0.3 is 36.8 Å². The average molecular weight is 467 g/mol. The first-order chi connectivity index (χ1) is 14.2. The lowest BCUT2D eigenvalue weighted by Gasteiger charge is -2.25. The van der Waals surface area contributed by atoms with Gasteiger partial charge in [0.15, 0.2) is 0 Å². The van der Waals surface area contributed by atoms with Gasteiger partial charge in [0.1, 0.15) is 0 Å². The van der Waals surface area contributed by atoms with Crippen molar-refractivity contribution in [2.24, 2.45) is 0 Å². The van der Waals surface area contributed by atoms with Crippen molar-refractivity contribution < 1.29 is 46.4 Å². The molecule has 0 heterocycles. The standard InChI is InChI=1S/C18H34O10Si2/c1-23-29(24-2,25-3)11-7-9-15(13-17(19)20)16(14-18(21)22)10-8-12-30(26-4,27-5)28-6/h13-14H,7-12H2,1-6H3,(H,19,20)(H,21,22). The summed E-state index contributed by atoms with van der Waals surface area (Å²) in [5, 5.41) is 18.5. The summed E-state index contributed by atoms with van der Waals surface area (Å²) >= 11 is 0. The molecular weight excluding hydrogens is 432 g/mol. The zero-order valence-electron chi connectivity index (χ0n) is 18.6. The number of carboxylic acid groups (broad SMARTS) is 2. The van der Waals surface area contributed by atoms with Gasteiger partial charge >= 0.3 is 29.5 Å². The normalized spacial score (nSPS) is 13.5. The number of allylic oxidation sites excluding steroid dienone is 2. The van der Waals surface area contributed by atoms with Gasteiger partial charge in [-0.1, -0.05) is 0 Å². The topological polar surface area (TPSA) is 130 Å². The summed E-state index contributed by atoms with van der Waals surface area (Å²) in [5.41, 5.74) is 0.853. The Labute approximate surface area is 180 Å². The molecular formula is C18H34O10Si2. The number of hydrogen-bond acceptors (Lipinski definition) is 8. The number of carbonyl (C=O) groups is 2. The van der Waals surface area contributed by atoms with Crippen LogP contribution in [0, 0.1) is 0 Å². The smallest absolute Gasteiger partial charge is 0.478 e. The maximum Gasteiger partial charge on any atom is 0.500 e. The minimum atomic E-state index is -2.81. The second-order valence-electron chi connectivity index (χ2n) is 6.31. The molecule has 0 saturated carbocycles. The van der Waals surface area contributed by atoms with Gasteiger partial charge in [0, 0.05) is 66.9 Å². The Hall–Kier alpha value is -1.39. The Morgan fingerprint density at radius 2 is 0.900 bits per heavy atom. The SMILES string of the molecule is CO[Si](CCCC(=CC(=O)O)C(=CC(=O)O)CCC[Si](OC)(OC)OC)(OC)OC. The van der Waals surface area contributed by atoms with Crippen LogP contribution < -0.4 is 0 Å². The van der Waals surface area contributed by atoms with E-state index < -0.39 is 29.5 Å². The zero-order valence-corrected chi connectivity index (χ0v) is 20.6. The molecule has 0 amide bonds. The molecule has 12 heteroatoms. The highest BCUT2D eigenvalue weighted by atomic mass is 28.4. The van der Waals surface area contributed by atoms with Crippen LogP contribution in [0.15, 0.2) is 23.3 Å². The molecule has 174 valence electrons. The summed E-state index contributed by atoms with van der Waals surface area (Å²) < 4.78 is 32.3. The molecule has 0 rings (SSSR count). The highest BCUT2D eigenvalue weighted by Gasteiger charge is 2.38. The van der Waals surface area contributed by atoms with Crippen molar-refractivity contribution in [3.05, 3.63) is 23.3 Å². The van der Waals surface area contributed by atoms with Crippen molar-refractivity contribution in [3.63, 3.8) is 0 Å². The molecule has 0 aliphatic rings. The number of carboxylic acids is 2. The molecule has 0 spiro atoms. The third kappa shape index (κ3) is 9.62. The summed E-state index contributed by atoms with van der Waals surface area (Å²) in [7, 11) is 3.38. The Bertz CT molecular complexity index is 529. The van der Waals surface area contributed by atoms with E-state index in [1.54, 1.807) is 0 Å². The van der Waals surface area contributed by atoms with Gasteiger partial charge in [-0.25, -0.2) is 9.59 Å². The molecule has 0 saturated heterocycles. The van der Waals surface area contributed by atoms with E-state index in [1.807, 2.05) is 0 Å². The van der Waals surface area contributed by atoms with E-state index in [-0.39, 0.29) is 0 Å². The molecule has 0 aromatic heterocycles. The highest BCUT2D eigenvalue weighted by molar-refractivity contribution is 6.60. The summed E-state index contributed by atoms with van der Waals surface area (Å²) in [5.74, 6) is -2.30. The first kappa shape index (κ1) is 28.6. The first-order valence-corrected chi connectivity index (χ1v) is 13.2. The third-order valence-electron chi connectivity index (χ3n) is 4.73. The summed E-state index contributed by atoms with van der Waals surface area (Å²) in [6.07, 6.45) is 3.75. The predicted octanol–water partition coefficient (Wildman–Crippen LogP) is 2.33. The number of aliphatic carboxylic acids is 2. The van der Waals surface area contributed by atoms with Crippen LogP contribution in [0.5, 0.6) is 0 Å². The maximum absolute atomic E-state index is 11.3. The molecule has 10 nitrogen and oxygen atoms in total. The molecule has 0 aromatic carbocycles. The Balaban J connectivity index is 5.42. The molecule has 0 aromatic rings. The summed E-state index contributed by atoms with van der Waals surface area (Å²) in [4.78, 5) is 22.7. The van der Waals surface area contributed by atoms with Crippen LogP contribution in [0.4, 0.5) is 0 Å². The van der Waals surface area contributed by atoms with Crippen LogP contribution in [-0.2, 0) is 36.1 Å². The second-order valence-corrected chi connectivity index (χ2v) is 12.5. The molecule has 0 fully saturated rings. The zero-order chi connectivity index (χ0) is 23.2. The van der Waals surface area contributed by atoms with E-state index in [4.69, 9.17) is 26.6 Å². The van der Waals surface area contributed by atoms with E-state index in [9.17, 15) is 19.8 Å². The van der Waals surface area contributed by atoms with Crippen LogP contribution in [0.3, 0.4) is 0 Å². The van der Waals surface area contributed by atoms with Crippen LogP contribution in [-0.4, -0.2) is 82.4 Å². The van der Waals surface area contributed by atoms with Gasteiger partial charge in [0.25, 0.3) is 0 Å². The van der Waals surface area contributed by atoms with Gasteiger partial charge in [-0.3, -0.25) is 0 Å². The van der Waals surface area contributed by atoms with E-state index >= 15 is 0 Å². The minimum absolute atomic E-state index is 0.331. The molecule has 2 N–H and O–H groups in total. The summed E-state index contributed by atoms with van der Waals surface area (Å²) in [6.45, 7) is 0. The van der Waals surface area contributed by atoms with Gasteiger partial charge in [-0.2, -0.15) is 0 Å². The molecule has 0 aliphatic carbocycles. The van der Waals surface area contributed by atoms with Gasteiger partial charge in [0.05, 0.1) is 0 Å². The largest absolute Gasteiger partial charge is 0.500 e. The average Bonchev–Trinajstić information content (AvgIpc) is 2.73. The quantitative estimate of drug-likeness (QED) is 0.187. The van der Waals surface area contributed by atoms with Crippen LogP contribution >= 0.6 is 0 Å². The van der Waals surface area contributed by atoms with Crippen LogP contribution in [0.1, 0.15) is 25.7 Å². The van der Waals surface area contributed by atoms with Crippen molar-refractivity contribution in [2.75, 3.05) is 42.7 Å².